The molecular formula is C22H32Cl2N4O3. The average Bonchev–Trinajstić information content (AvgIpc) is 2.73. The van der Waals surface area contributed by atoms with Gasteiger partial charge in [-0.05, 0) is 48.4 Å². The maximum Gasteiger partial charge on any atom is 0.241 e. The molecule has 2 rings (SSSR count). The summed E-state index contributed by atoms with van der Waals surface area (Å²) in [6.07, 6.45) is 2.84. The highest BCUT2D eigenvalue weighted by atomic mass is 35.5. The Bertz CT molecular complexity index is 815. The molecule has 0 saturated heterocycles. The smallest absolute Gasteiger partial charge is 0.241 e. The van der Waals surface area contributed by atoms with Crippen LogP contribution in [-0.2, 0) is 11.2 Å². The van der Waals surface area contributed by atoms with Crippen LogP contribution in [0.5, 0.6) is 11.5 Å². The van der Waals surface area contributed by atoms with E-state index in [1.54, 1.807) is 20.4 Å². The summed E-state index contributed by atoms with van der Waals surface area (Å²) in [6.45, 7) is 1.36. The van der Waals surface area contributed by atoms with Crippen molar-refractivity contribution in [2.75, 3.05) is 46.3 Å². The van der Waals surface area contributed by atoms with Crippen molar-refractivity contribution >= 4 is 42.6 Å². The lowest BCUT2D eigenvalue weighted by atomic mass is 10.1. The molecule has 0 spiro atoms. The standard InChI is InChI=1S/C22H30N4O3.2ClH/c1-26(2)19-8-5-18(6-9-19)16-24-25-22(27)12-14-23-13-11-17-7-10-20(28-3)21(15-17)29-4;;/h5-10,15-16,23H,11-14H2,1-4H3,(H,25,27);2*1H. The van der Waals surface area contributed by atoms with Crippen molar-refractivity contribution < 1.29 is 14.3 Å². The number of hydrogen-bond donors (Lipinski definition) is 2. The van der Waals surface area contributed by atoms with Gasteiger partial charge in [0.25, 0.3) is 0 Å². The predicted octanol–water partition coefficient (Wildman–Crippen LogP) is 3.29. The molecule has 0 unspecified atom stereocenters. The van der Waals surface area contributed by atoms with E-state index in [1.165, 1.54) is 0 Å². The van der Waals surface area contributed by atoms with E-state index >= 15 is 0 Å². The average molecular weight is 471 g/mol. The van der Waals surface area contributed by atoms with E-state index < -0.39 is 0 Å². The number of halogens is 2. The highest BCUT2D eigenvalue weighted by molar-refractivity contribution is 5.85. The van der Waals surface area contributed by atoms with E-state index in [0.29, 0.717) is 13.0 Å². The minimum Gasteiger partial charge on any atom is -0.493 e. The minimum atomic E-state index is -0.121. The molecule has 7 nitrogen and oxygen atoms in total. The number of amides is 1. The zero-order valence-electron chi connectivity index (χ0n) is 18.4. The first-order chi connectivity index (χ1) is 14.0. The Morgan fingerprint density at radius 1 is 1.00 bits per heavy atom. The van der Waals surface area contributed by atoms with Crippen LogP contribution >= 0.6 is 24.8 Å². The summed E-state index contributed by atoms with van der Waals surface area (Å²) < 4.78 is 10.5. The summed E-state index contributed by atoms with van der Waals surface area (Å²) in [6, 6.07) is 13.8. The fraction of sp³-hybridized carbons (Fsp3) is 0.364. The van der Waals surface area contributed by atoms with Gasteiger partial charge in [-0.15, -0.1) is 24.8 Å². The molecule has 0 atom stereocenters. The molecule has 0 aliphatic heterocycles. The van der Waals surface area contributed by atoms with Crippen LogP contribution in [0.25, 0.3) is 0 Å². The van der Waals surface area contributed by atoms with Crippen molar-refractivity contribution in [1.82, 2.24) is 10.7 Å². The molecule has 0 radical (unpaired) electrons. The molecular weight excluding hydrogens is 439 g/mol. The molecule has 172 valence electrons. The first-order valence-electron chi connectivity index (χ1n) is 9.54. The molecule has 0 heterocycles. The molecule has 31 heavy (non-hydrogen) atoms. The summed E-state index contributed by atoms with van der Waals surface area (Å²) in [5, 5.41) is 7.27. The molecule has 0 bridgehead atoms. The Labute approximate surface area is 197 Å². The van der Waals surface area contributed by atoms with Crippen LogP contribution in [0, 0.1) is 0 Å². The largest absolute Gasteiger partial charge is 0.493 e. The molecule has 2 aromatic rings. The van der Waals surface area contributed by atoms with E-state index in [0.717, 1.165) is 41.3 Å². The Balaban J connectivity index is 0.00000450. The number of nitrogens with zero attached hydrogens (tertiary/aromatic N) is 2. The third-order valence-electron chi connectivity index (χ3n) is 4.38. The SMILES string of the molecule is COc1ccc(CCNCCC(=O)NN=Cc2ccc(N(C)C)cc2)cc1OC.Cl.Cl. The van der Waals surface area contributed by atoms with E-state index in [-0.39, 0.29) is 30.7 Å². The van der Waals surface area contributed by atoms with Crippen molar-refractivity contribution in [3.05, 3.63) is 53.6 Å². The number of carbonyl (C=O) groups is 1. The maximum atomic E-state index is 11.9. The van der Waals surface area contributed by atoms with Gasteiger partial charge in [0.05, 0.1) is 20.4 Å². The molecule has 0 aliphatic rings. The number of carbonyl (C=O) groups excluding carboxylic acids is 1. The number of hydrazone groups is 1. The van der Waals surface area contributed by atoms with Crippen molar-refractivity contribution in [1.29, 1.82) is 0 Å². The number of anilines is 1. The second kappa shape index (κ2) is 15.3. The summed E-state index contributed by atoms with van der Waals surface area (Å²) in [5.74, 6) is 1.32. The maximum absolute atomic E-state index is 11.9. The van der Waals surface area contributed by atoms with E-state index in [2.05, 4.69) is 15.8 Å². The Kier molecular flexibility index (Phi) is 14.1. The van der Waals surface area contributed by atoms with Crippen LogP contribution in [0.4, 0.5) is 5.69 Å². The van der Waals surface area contributed by atoms with Crippen LogP contribution in [0.1, 0.15) is 17.5 Å². The van der Waals surface area contributed by atoms with Crippen molar-refractivity contribution in [2.24, 2.45) is 5.10 Å². The lowest BCUT2D eigenvalue weighted by molar-refractivity contribution is -0.120. The molecule has 2 N–H and O–H groups in total. The Morgan fingerprint density at radius 3 is 2.29 bits per heavy atom. The Morgan fingerprint density at radius 2 is 1.68 bits per heavy atom. The van der Waals surface area contributed by atoms with Gasteiger partial charge in [0.15, 0.2) is 11.5 Å². The number of nitrogens with one attached hydrogen (secondary N) is 2. The predicted molar refractivity (Wildman–Crippen MR) is 132 cm³/mol. The second-order valence-corrected chi connectivity index (χ2v) is 6.72. The van der Waals surface area contributed by atoms with Gasteiger partial charge in [-0.25, -0.2) is 5.43 Å². The molecule has 0 saturated carbocycles. The van der Waals surface area contributed by atoms with Gasteiger partial charge in [-0.2, -0.15) is 5.10 Å². The van der Waals surface area contributed by atoms with Crippen molar-refractivity contribution in [2.45, 2.75) is 12.8 Å². The number of rotatable bonds is 11. The third-order valence-corrected chi connectivity index (χ3v) is 4.38. The molecule has 9 heteroatoms. The highest BCUT2D eigenvalue weighted by Crippen LogP contribution is 2.27. The third kappa shape index (κ3) is 9.91. The van der Waals surface area contributed by atoms with Gasteiger partial charge in [0.2, 0.25) is 5.91 Å². The molecule has 2 aromatic carbocycles. The van der Waals surface area contributed by atoms with Crippen LogP contribution in [0.15, 0.2) is 47.6 Å². The normalized spacial score (nSPS) is 10.1. The first kappa shape index (κ1) is 28.5. The molecule has 0 fully saturated rings. The number of hydrogen-bond acceptors (Lipinski definition) is 6. The van der Waals surface area contributed by atoms with Crippen LogP contribution in [0.2, 0.25) is 0 Å². The highest BCUT2D eigenvalue weighted by Gasteiger charge is 2.04. The zero-order valence-corrected chi connectivity index (χ0v) is 20.0. The van der Waals surface area contributed by atoms with Gasteiger partial charge >= 0.3 is 0 Å². The van der Waals surface area contributed by atoms with Crippen molar-refractivity contribution in [3.8, 4) is 11.5 Å². The van der Waals surface area contributed by atoms with Gasteiger partial charge in [0, 0.05) is 32.7 Å². The van der Waals surface area contributed by atoms with Gasteiger partial charge in [0.1, 0.15) is 0 Å². The quantitative estimate of drug-likeness (QED) is 0.299. The van der Waals surface area contributed by atoms with E-state index in [1.807, 2.05) is 61.5 Å². The van der Waals surface area contributed by atoms with Crippen LogP contribution in [0.3, 0.4) is 0 Å². The monoisotopic (exact) mass is 470 g/mol. The van der Waals surface area contributed by atoms with Gasteiger partial charge in [-0.1, -0.05) is 18.2 Å². The second-order valence-electron chi connectivity index (χ2n) is 6.72. The summed E-state index contributed by atoms with van der Waals surface area (Å²) >= 11 is 0. The van der Waals surface area contributed by atoms with Gasteiger partial charge in [-0.3, -0.25) is 4.79 Å². The number of ether oxygens (including phenoxy) is 2. The lowest BCUT2D eigenvalue weighted by Gasteiger charge is -2.11. The summed E-state index contributed by atoms with van der Waals surface area (Å²) in [5.41, 5.74) is 5.75. The first-order valence-corrected chi connectivity index (χ1v) is 9.54. The van der Waals surface area contributed by atoms with Crippen LogP contribution < -0.4 is 25.1 Å². The summed E-state index contributed by atoms with van der Waals surface area (Å²) in [4.78, 5) is 13.9. The van der Waals surface area contributed by atoms with Crippen LogP contribution in [-0.4, -0.2) is 53.5 Å². The molecule has 0 aromatic heterocycles. The molecule has 0 aliphatic carbocycles. The topological polar surface area (TPSA) is 75.2 Å². The van der Waals surface area contributed by atoms with E-state index in [4.69, 9.17) is 9.47 Å². The van der Waals surface area contributed by atoms with Crippen molar-refractivity contribution in [3.63, 3.8) is 0 Å². The zero-order chi connectivity index (χ0) is 21.1. The van der Waals surface area contributed by atoms with Gasteiger partial charge < -0.3 is 19.7 Å². The minimum absolute atomic E-state index is 0. The fourth-order valence-electron chi connectivity index (χ4n) is 2.69. The number of benzene rings is 2. The van der Waals surface area contributed by atoms with E-state index in [9.17, 15) is 4.79 Å². The lowest BCUT2D eigenvalue weighted by Crippen LogP contribution is -2.25. The Hall–Kier alpha value is -2.48. The fourth-order valence-corrected chi connectivity index (χ4v) is 2.69. The summed E-state index contributed by atoms with van der Waals surface area (Å²) in [7, 11) is 7.23. The number of methoxy groups -OCH3 is 2. The molecule has 1 amide bonds.